The lowest BCUT2D eigenvalue weighted by Gasteiger charge is -2.03. The summed E-state index contributed by atoms with van der Waals surface area (Å²) >= 11 is 3.44. The highest BCUT2D eigenvalue weighted by atomic mass is 32.2. The lowest BCUT2D eigenvalue weighted by atomic mass is 10.3. The number of ether oxygens (including phenoxy) is 1. The van der Waals surface area contributed by atoms with Crippen LogP contribution in [0.2, 0.25) is 0 Å². The zero-order valence-corrected chi connectivity index (χ0v) is 10.9. The summed E-state index contributed by atoms with van der Waals surface area (Å²) in [5.74, 6) is 0.399. The molecule has 1 aromatic carbocycles. The van der Waals surface area contributed by atoms with Crippen LogP contribution in [0.5, 0.6) is 0 Å². The molecule has 88 valence electrons. The normalized spacial score (nSPS) is 10.4. The van der Waals surface area contributed by atoms with Crippen molar-refractivity contribution in [1.82, 2.24) is 0 Å². The Bertz CT molecular complexity index is 531. The van der Waals surface area contributed by atoms with Gasteiger partial charge < -0.3 is 4.74 Å². The second-order valence-electron chi connectivity index (χ2n) is 3.32. The highest BCUT2D eigenvalue weighted by Gasteiger charge is 2.03. The SMILES string of the molecule is C=CC(=O)OCCSc1cccc2ccsc12. The molecule has 0 amide bonds. The zero-order chi connectivity index (χ0) is 12.1. The number of fused-ring (bicyclic) bond motifs is 1. The monoisotopic (exact) mass is 264 g/mol. The van der Waals surface area contributed by atoms with E-state index in [1.807, 2.05) is 6.07 Å². The van der Waals surface area contributed by atoms with E-state index in [-0.39, 0.29) is 5.97 Å². The number of rotatable bonds is 5. The van der Waals surface area contributed by atoms with Crippen LogP contribution in [0.4, 0.5) is 0 Å². The van der Waals surface area contributed by atoms with Crippen molar-refractivity contribution in [2.45, 2.75) is 4.90 Å². The van der Waals surface area contributed by atoms with E-state index in [0.717, 1.165) is 5.75 Å². The predicted octanol–water partition coefficient (Wildman–Crippen LogP) is 3.72. The van der Waals surface area contributed by atoms with Gasteiger partial charge in [0.25, 0.3) is 0 Å². The molecule has 0 saturated heterocycles. The van der Waals surface area contributed by atoms with Crippen LogP contribution in [0.3, 0.4) is 0 Å². The zero-order valence-electron chi connectivity index (χ0n) is 9.22. The summed E-state index contributed by atoms with van der Waals surface area (Å²) in [6, 6.07) is 8.36. The minimum atomic E-state index is -0.361. The number of thiophene rings is 1. The van der Waals surface area contributed by atoms with Crippen LogP contribution in [-0.2, 0) is 9.53 Å². The Kier molecular flexibility index (Phi) is 4.23. The van der Waals surface area contributed by atoms with E-state index >= 15 is 0 Å². The van der Waals surface area contributed by atoms with Crippen molar-refractivity contribution in [2.24, 2.45) is 0 Å². The predicted molar refractivity (Wildman–Crippen MR) is 73.7 cm³/mol. The molecule has 0 atom stereocenters. The number of hydrogen-bond acceptors (Lipinski definition) is 4. The quantitative estimate of drug-likeness (QED) is 0.356. The summed E-state index contributed by atoms with van der Waals surface area (Å²) < 4.78 is 6.23. The van der Waals surface area contributed by atoms with Crippen molar-refractivity contribution in [3.63, 3.8) is 0 Å². The van der Waals surface area contributed by atoms with Crippen LogP contribution in [0.1, 0.15) is 0 Å². The van der Waals surface area contributed by atoms with Gasteiger partial charge in [-0.05, 0) is 22.9 Å². The molecule has 0 aliphatic rings. The largest absolute Gasteiger partial charge is 0.462 e. The molecule has 2 rings (SSSR count). The van der Waals surface area contributed by atoms with Crippen molar-refractivity contribution < 1.29 is 9.53 Å². The molecule has 2 aromatic rings. The lowest BCUT2D eigenvalue weighted by molar-refractivity contribution is -0.137. The van der Waals surface area contributed by atoms with Gasteiger partial charge in [-0.3, -0.25) is 0 Å². The maximum absolute atomic E-state index is 10.8. The van der Waals surface area contributed by atoms with E-state index < -0.39 is 0 Å². The van der Waals surface area contributed by atoms with Gasteiger partial charge in [-0.2, -0.15) is 0 Å². The summed E-state index contributed by atoms with van der Waals surface area (Å²) in [4.78, 5) is 12.1. The molecule has 17 heavy (non-hydrogen) atoms. The lowest BCUT2D eigenvalue weighted by Crippen LogP contribution is -2.03. The third-order valence-electron chi connectivity index (χ3n) is 2.19. The molecule has 0 radical (unpaired) electrons. The second-order valence-corrected chi connectivity index (χ2v) is 5.37. The van der Waals surface area contributed by atoms with Crippen LogP contribution >= 0.6 is 23.1 Å². The van der Waals surface area contributed by atoms with Gasteiger partial charge in [0.1, 0.15) is 6.61 Å². The Morgan fingerprint density at radius 1 is 1.47 bits per heavy atom. The number of carbonyl (C=O) groups excluding carboxylic acids is 1. The van der Waals surface area contributed by atoms with Crippen LogP contribution in [-0.4, -0.2) is 18.3 Å². The van der Waals surface area contributed by atoms with Gasteiger partial charge >= 0.3 is 5.97 Å². The van der Waals surface area contributed by atoms with E-state index in [0.29, 0.717) is 6.61 Å². The van der Waals surface area contributed by atoms with E-state index in [1.165, 1.54) is 21.1 Å². The number of thioether (sulfide) groups is 1. The van der Waals surface area contributed by atoms with Gasteiger partial charge in [0.05, 0.1) is 0 Å². The smallest absolute Gasteiger partial charge is 0.330 e. The van der Waals surface area contributed by atoms with Gasteiger partial charge in [-0.15, -0.1) is 23.1 Å². The minimum absolute atomic E-state index is 0.361. The third kappa shape index (κ3) is 3.11. The van der Waals surface area contributed by atoms with Crippen molar-refractivity contribution >= 4 is 39.2 Å². The summed E-state index contributed by atoms with van der Waals surface area (Å²) in [5, 5.41) is 3.36. The molecule has 0 aliphatic heterocycles. The number of benzene rings is 1. The van der Waals surface area contributed by atoms with Crippen LogP contribution in [0.15, 0.2) is 47.2 Å². The molecular formula is C13H12O2S2. The highest BCUT2D eigenvalue weighted by molar-refractivity contribution is 7.99. The molecule has 0 N–H and O–H groups in total. The average molecular weight is 264 g/mol. The summed E-state index contributed by atoms with van der Waals surface area (Å²) in [6.07, 6.45) is 1.19. The molecule has 1 heterocycles. The Morgan fingerprint density at radius 2 is 2.35 bits per heavy atom. The van der Waals surface area contributed by atoms with E-state index in [4.69, 9.17) is 4.74 Å². The molecule has 0 bridgehead atoms. The van der Waals surface area contributed by atoms with Gasteiger partial charge in [0, 0.05) is 21.4 Å². The molecule has 1 aromatic heterocycles. The van der Waals surface area contributed by atoms with Crippen molar-refractivity contribution in [2.75, 3.05) is 12.4 Å². The first-order chi connectivity index (χ1) is 8.31. The van der Waals surface area contributed by atoms with Crippen LogP contribution < -0.4 is 0 Å². The van der Waals surface area contributed by atoms with E-state index in [9.17, 15) is 4.79 Å². The van der Waals surface area contributed by atoms with E-state index in [2.05, 4.69) is 30.2 Å². The second kappa shape index (κ2) is 5.89. The Balaban J connectivity index is 1.93. The Morgan fingerprint density at radius 3 is 3.18 bits per heavy atom. The molecule has 0 spiro atoms. The fourth-order valence-electron chi connectivity index (χ4n) is 1.43. The van der Waals surface area contributed by atoms with Gasteiger partial charge in [0.2, 0.25) is 0 Å². The van der Waals surface area contributed by atoms with Crippen molar-refractivity contribution in [3.8, 4) is 0 Å². The summed E-state index contributed by atoms with van der Waals surface area (Å²) in [6.45, 7) is 3.77. The first-order valence-corrected chi connectivity index (χ1v) is 7.06. The molecule has 0 saturated carbocycles. The molecular weight excluding hydrogens is 252 g/mol. The van der Waals surface area contributed by atoms with Crippen molar-refractivity contribution in [3.05, 3.63) is 42.3 Å². The fourth-order valence-corrected chi connectivity index (χ4v) is 3.37. The van der Waals surface area contributed by atoms with Gasteiger partial charge in [0.15, 0.2) is 0 Å². The molecule has 0 fully saturated rings. The van der Waals surface area contributed by atoms with Crippen LogP contribution in [0.25, 0.3) is 10.1 Å². The van der Waals surface area contributed by atoms with E-state index in [1.54, 1.807) is 23.1 Å². The van der Waals surface area contributed by atoms with Crippen molar-refractivity contribution in [1.29, 1.82) is 0 Å². The Hall–Kier alpha value is -1.26. The van der Waals surface area contributed by atoms with Gasteiger partial charge in [-0.25, -0.2) is 4.79 Å². The Labute approximate surface area is 108 Å². The molecule has 0 unspecified atom stereocenters. The maximum Gasteiger partial charge on any atom is 0.330 e. The number of carbonyl (C=O) groups is 1. The number of hydrogen-bond donors (Lipinski definition) is 0. The fraction of sp³-hybridized carbons (Fsp3) is 0.154. The average Bonchev–Trinajstić information content (AvgIpc) is 2.83. The first kappa shape index (κ1) is 12.2. The van der Waals surface area contributed by atoms with Gasteiger partial charge in [-0.1, -0.05) is 18.7 Å². The maximum atomic E-state index is 10.8. The molecule has 0 aliphatic carbocycles. The molecule has 2 nitrogen and oxygen atoms in total. The molecule has 4 heteroatoms. The highest BCUT2D eigenvalue weighted by Crippen LogP contribution is 2.31. The minimum Gasteiger partial charge on any atom is -0.462 e. The summed E-state index contributed by atoms with van der Waals surface area (Å²) in [7, 11) is 0. The topological polar surface area (TPSA) is 26.3 Å². The third-order valence-corrected chi connectivity index (χ3v) is 4.31. The first-order valence-electron chi connectivity index (χ1n) is 5.19. The summed E-state index contributed by atoms with van der Waals surface area (Å²) in [5.41, 5.74) is 0. The number of esters is 1. The standard InChI is InChI=1S/C13H12O2S2/c1-2-12(14)15-7-9-16-11-5-3-4-10-6-8-17-13(10)11/h2-6,8H,1,7,9H2. The van der Waals surface area contributed by atoms with Crippen LogP contribution in [0, 0.1) is 0 Å².